The Hall–Kier alpha value is -1.15. The van der Waals surface area contributed by atoms with Gasteiger partial charge in [-0.05, 0) is 24.6 Å². The lowest BCUT2D eigenvalue weighted by molar-refractivity contribution is 0.124. The minimum absolute atomic E-state index is 0.124. The van der Waals surface area contributed by atoms with Gasteiger partial charge in [0, 0.05) is 25.6 Å². The average molecular weight is 314 g/mol. The summed E-state index contributed by atoms with van der Waals surface area (Å²) in [7, 11) is -2.12. The Labute approximate surface area is 125 Å². The molecule has 21 heavy (non-hydrogen) atoms. The zero-order valence-electron chi connectivity index (χ0n) is 12.4. The molecule has 0 unspecified atom stereocenters. The topological polar surface area (TPSA) is 76.7 Å². The van der Waals surface area contributed by atoms with E-state index >= 15 is 0 Å². The van der Waals surface area contributed by atoms with Crippen LogP contribution in [0.15, 0.2) is 23.1 Å². The first-order valence-electron chi connectivity index (χ1n) is 6.95. The largest absolute Gasteiger partial charge is 0.495 e. The summed E-state index contributed by atoms with van der Waals surface area (Å²) in [5.74, 6) is 0.483. The minimum atomic E-state index is -3.59. The van der Waals surface area contributed by atoms with Crippen molar-refractivity contribution in [2.24, 2.45) is 5.92 Å². The molecule has 1 atom stereocenters. The summed E-state index contributed by atoms with van der Waals surface area (Å²) < 4.78 is 38.0. The molecule has 0 saturated carbocycles. The molecule has 1 heterocycles. The zero-order valence-corrected chi connectivity index (χ0v) is 13.2. The molecule has 118 valence electrons. The van der Waals surface area contributed by atoms with Crippen LogP contribution in [0.3, 0.4) is 0 Å². The second-order valence-corrected chi connectivity index (χ2v) is 6.89. The molecule has 1 aliphatic heterocycles. The van der Waals surface area contributed by atoms with Crippen molar-refractivity contribution in [1.82, 2.24) is 10.0 Å². The number of hydrogen-bond acceptors (Lipinski definition) is 5. The van der Waals surface area contributed by atoms with E-state index in [1.165, 1.54) is 7.11 Å². The lowest BCUT2D eigenvalue weighted by Gasteiger charge is -2.16. The van der Waals surface area contributed by atoms with Gasteiger partial charge in [0.15, 0.2) is 0 Å². The molecule has 2 rings (SSSR count). The maximum atomic E-state index is 12.4. The number of hydrogen-bond donors (Lipinski definition) is 2. The number of sulfonamides is 1. The van der Waals surface area contributed by atoms with Gasteiger partial charge in [0.25, 0.3) is 0 Å². The molecule has 1 aromatic carbocycles. The number of benzene rings is 1. The maximum Gasteiger partial charge on any atom is 0.244 e. The second kappa shape index (κ2) is 7.22. The summed E-state index contributed by atoms with van der Waals surface area (Å²) in [6.45, 7) is 4.99. The Morgan fingerprint density at radius 1 is 1.48 bits per heavy atom. The van der Waals surface area contributed by atoms with Crippen LogP contribution in [-0.4, -0.2) is 48.4 Å². The van der Waals surface area contributed by atoms with Crippen molar-refractivity contribution < 1.29 is 17.9 Å². The highest BCUT2D eigenvalue weighted by Crippen LogP contribution is 2.24. The maximum absolute atomic E-state index is 12.4. The summed E-state index contributed by atoms with van der Waals surface area (Å²) in [5.41, 5.74) is 0.951. The van der Waals surface area contributed by atoms with E-state index in [-0.39, 0.29) is 10.8 Å². The number of methoxy groups -OCH3 is 1. The fraction of sp³-hybridized carbons (Fsp3) is 0.571. The summed E-state index contributed by atoms with van der Waals surface area (Å²) in [5, 5.41) is 3.22. The smallest absolute Gasteiger partial charge is 0.244 e. The molecule has 1 aromatic rings. The predicted molar refractivity (Wildman–Crippen MR) is 80.1 cm³/mol. The van der Waals surface area contributed by atoms with Crippen molar-refractivity contribution in [1.29, 1.82) is 0 Å². The molecule has 0 radical (unpaired) electrons. The van der Waals surface area contributed by atoms with E-state index in [9.17, 15) is 8.42 Å². The predicted octanol–water partition coefficient (Wildman–Crippen LogP) is 0.518. The van der Waals surface area contributed by atoms with Crippen LogP contribution in [0.4, 0.5) is 0 Å². The van der Waals surface area contributed by atoms with E-state index in [0.717, 1.165) is 18.7 Å². The zero-order chi connectivity index (χ0) is 15.3. The third kappa shape index (κ3) is 4.41. The molecule has 1 aliphatic rings. The van der Waals surface area contributed by atoms with Crippen LogP contribution in [0, 0.1) is 12.8 Å². The Bertz CT molecular complexity index is 566. The fourth-order valence-corrected chi connectivity index (χ4v) is 3.46. The minimum Gasteiger partial charge on any atom is -0.495 e. The quantitative estimate of drug-likeness (QED) is 0.828. The normalized spacial score (nSPS) is 20.0. The van der Waals surface area contributed by atoms with Crippen LogP contribution in [0.5, 0.6) is 5.75 Å². The first-order valence-corrected chi connectivity index (χ1v) is 8.44. The van der Waals surface area contributed by atoms with Crippen molar-refractivity contribution in [3.05, 3.63) is 23.8 Å². The summed E-state index contributed by atoms with van der Waals surface area (Å²) in [6, 6.07) is 5.04. The van der Waals surface area contributed by atoms with Gasteiger partial charge in [0.05, 0.1) is 20.3 Å². The van der Waals surface area contributed by atoms with Crippen LogP contribution < -0.4 is 14.8 Å². The molecule has 1 saturated heterocycles. The number of aryl methyl sites for hydroxylation is 1. The number of rotatable bonds is 5. The number of nitrogens with one attached hydrogen (secondary N) is 2. The highest BCUT2D eigenvalue weighted by atomic mass is 32.2. The Kier molecular flexibility index (Phi) is 5.58. The average Bonchev–Trinajstić information content (AvgIpc) is 2.73. The lowest BCUT2D eigenvalue weighted by atomic mass is 10.2. The van der Waals surface area contributed by atoms with Crippen LogP contribution in [-0.2, 0) is 14.8 Å². The first-order chi connectivity index (χ1) is 10.0. The summed E-state index contributed by atoms with van der Waals surface area (Å²) in [6.07, 6.45) is 0. The van der Waals surface area contributed by atoms with Crippen molar-refractivity contribution in [3.8, 4) is 5.75 Å². The van der Waals surface area contributed by atoms with Gasteiger partial charge in [-0.2, -0.15) is 0 Å². The standard InChI is InChI=1S/C14H22N2O4S/c1-11-3-4-14(13(7-11)19-2)21(17,18)16-9-12-8-15-5-6-20-10-12/h3-4,7,12,15-16H,5-6,8-10H2,1-2H3/t12-/m0/s1. The van der Waals surface area contributed by atoms with Crippen LogP contribution >= 0.6 is 0 Å². The molecule has 0 bridgehead atoms. The molecule has 1 fully saturated rings. The van der Waals surface area contributed by atoms with Gasteiger partial charge in [-0.3, -0.25) is 0 Å². The van der Waals surface area contributed by atoms with Crippen molar-refractivity contribution in [3.63, 3.8) is 0 Å². The Balaban J connectivity index is 2.07. The molecule has 7 heteroatoms. The van der Waals surface area contributed by atoms with E-state index in [0.29, 0.717) is 25.5 Å². The van der Waals surface area contributed by atoms with Crippen molar-refractivity contribution in [2.45, 2.75) is 11.8 Å². The molecular formula is C14H22N2O4S. The third-order valence-electron chi connectivity index (χ3n) is 3.38. The van der Waals surface area contributed by atoms with Crippen LogP contribution in [0.1, 0.15) is 5.56 Å². The highest BCUT2D eigenvalue weighted by Gasteiger charge is 2.21. The first kappa shape index (κ1) is 16.2. The van der Waals surface area contributed by atoms with E-state index in [1.807, 2.05) is 6.92 Å². The van der Waals surface area contributed by atoms with Gasteiger partial charge < -0.3 is 14.8 Å². The SMILES string of the molecule is COc1cc(C)ccc1S(=O)(=O)NC[C@@H]1CNCCOC1. The van der Waals surface area contributed by atoms with Crippen LogP contribution in [0.25, 0.3) is 0 Å². The van der Waals surface area contributed by atoms with Gasteiger partial charge >= 0.3 is 0 Å². The summed E-state index contributed by atoms with van der Waals surface area (Å²) in [4.78, 5) is 0.165. The fourth-order valence-electron chi connectivity index (χ4n) is 2.19. The molecule has 0 aliphatic carbocycles. The molecule has 0 aromatic heterocycles. The van der Waals surface area contributed by atoms with Crippen molar-refractivity contribution >= 4 is 10.0 Å². The van der Waals surface area contributed by atoms with Crippen molar-refractivity contribution in [2.75, 3.05) is 40.0 Å². The highest BCUT2D eigenvalue weighted by molar-refractivity contribution is 7.89. The van der Waals surface area contributed by atoms with Gasteiger partial charge in [0.2, 0.25) is 10.0 Å². The van der Waals surface area contributed by atoms with Gasteiger partial charge in [-0.25, -0.2) is 13.1 Å². The van der Waals surface area contributed by atoms with E-state index in [1.54, 1.807) is 18.2 Å². The van der Waals surface area contributed by atoms with E-state index in [4.69, 9.17) is 9.47 Å². The second-order valence-electron chi connectivity index (χ2n) is 5.15. The van der Waals surface area contributed by atoms with E-state index in [2.05, 4.69) is 10.0 Å². The molecule has 0 amide bonds. The molecule has 6 nitrogen and oxygen atoms in total. The van der Waals surface area contributed by atoms with Gasteiger partial charge in [0.1, 0.15) is 10.6 Å². The molecule has 0 spiro atoms. The molecule has 2 N–H and O–H groups in total. The Morgan fingerprint density at radius 3 is 3.05 bits per heavy atom. The third-order valence-corrected chi connectivity index (χ3v) is 4.84. The Morgan fingerprint density at radius 2 is 2.29 bits per heavy atom. The monoisotopic (exact) mass is 314 g/mol. The number of ether oxygens (including phenoxy) is 2. The molecular weight excluding hydrogens is 292 g/mol. The van der Waals surface area contributed by atoms with Gasteiger partial charge in [-0.15, -0.1) is 0 Å². The van der Waals surface area contributed by atoms with Gasteiger partial charge in [-0.1, -0.05) is 6.07 Å². The van der Waals surface area contributed by atoms with Crippen LogP contribution in [0.2, 0.25) is 0 Å². The van der Waals surface area contributed by atoms with E-state index < -0.39 is 10.0 Å². The lowest BCUT2D eigenvalue weighted by Crippen LogP contribution is -2.35. The summed E-state index contributed by atoms with van der Waals surface area (Å²) >= 11 is 0.